The summed E-state index contributed by atoms with van der Waals surface area (Å²) in [7, 11) is 0. The number of anilines is 1. The highest BCUT2D eigenvalue weighted by molar-refractivity contribution is 6.27. The average Bonchev–Trinajstić information content (AvgIpc) is 2.50. The van der Waals surface area contributed by atoms with Gasteiger partial charge in [0, 0.05) is 24.6 Å². The van der Waals surface area contributed by atoms with Crippen LogP contribution in [0, 0.1) is 13.8 Å². The number of pyridine rings is 1. The number of benzene rings is 1. The van der Waals surface area contributed by atoms with E-state index in [2.05, 4.69) is 48.4 Å². The van der Waals surface area contributed by atoms with Gasteiger partial charge in [-0.1, -0.05) is 12.1 Å². The molecule has 0 saturated heterocycles. The molecule has 1 aromatic heterocycles. The number of rotatable bonds is 3. The van der Waals surface area contributed by atoms with Crippen LogP contribution in [0.1, 0.15) is 16.7 Å². The quantitative estimate of drug-likeness (QED) is 0.753. The van der Waals surface area contributed by atoms with E-state index >= 15 is 0 Å². The number of aryl methyl sites for hydroxylation is 2. The fourth-order valence-electron chi connectivity index (χ4n) is 1.56. The van der Waals surface area contributed by atoms with Gasteiger partial charge in [-0.15, -0.1) is 0 Å². The van der Waals surface area contributed by atoms with Crippen molar-refractivity contribution in [3.63, 3.8) is 0 Å². The van der Waals surface area contributed by atoms with Crippen LogP contribution >= 0.6 is 0 Å². The van der Waals surface area contributed by atoms with Crippen molar-refractivity contribution in [2.75, 3.05) is 5.32 Å². The number of carboxylic acids is 2. The molecule has 0 amide bonds. The first kappa shape index (κ1) is 17.2. The second kappa shape index (κ2) is 8.41. The molecular weight excluding hydrogens is 284 g/mol. The molecule has 6 nitrogen and oxygen atoms in total. The van der Waals surface area contributed by atoms with Gasteiger partial charge in [0.25, 0.3) is 0 Å². The van der Waals surface area contributed by atoms with Gasteiger partial charge in [-0.3, -0.25) is 4.98 Å². The highest BCUT2D eigenvalue weighted by atomic mass is 16.4. The molecule has 0 bridgehead atoms. The Labute approximate surface area is 128 Å². The minimum Gasteiger partial charge on any atom is -0.473 e. The molecular formula is C16H18N2O4. The minimum absolute atomic E-state index is 0.816. The number of nitrogens with one attached hydrogen (secondary N) is 1. The lowest BCUT2D eigenvalue weighted by molar-refractivity contribution is -0.159. The van der Waals surface area contributed by atoms with Crippen molar-refractivity contribution in [1.29, 1.82) is 0 Å². The maximum absolute atomic E-state index is 9.10. The number of aromatic nitrogens is 1. The van der Waals surface area contributed by atoms with Crippen molar-refractivity contribution in [3.8, 4) is 0 Å². The van der Waals surface area contributed by atoms with Crippen LogP contribution in [-0.4, -0.2) is 27.1 Å². The Kier molecular flexibility index (Phi) is 6.56. The summed E-state index contributed by atoms with van der Waals surface area (Å²) >= 11 is 0. The SMILES string of the molecule is Cc1ccc(NCc2cccnc2)cc1C.O=C(O)C(=O)O. The summed E-state index contributed by atoms with van der Waals surface area (Å²) in [6, 6.07) is 10.4. The van der Waals surface area contributed by atoms with Gasteiger partial charge in [-0.05, 0) is 48.7 Å². The Morgan fingerprint density at radius 1 is 1.09 bits per heavy atom. The Morgan fingerprint density at radius 3 is 2.27 bits per heavy atom. The fourth-order valence-corrected chi connectivity index (χ4v) is 1.56. The van der Waals surface area contributed by atoms with Gasteiger partial charge in [0.05, 0.1) is 0 Å². The molecule has 0 aliphatic heterocycles. The number of aliphatic carboxylic acids is 2. The van der Waals surface area contributed by atoms with E-state index in [9.17, 15) is 0 Å². The molecule has 6 heteroatoms. The molecule has 2 rings (SSSR count). The van der Waals surface area contributed by atoms with E-state index in [1.165, 1.54) is 16.7 Å². The smallest absolute Gasteiger partial charge is 0.414 e. The van der Waals surface area contributed by atoms with Crippen LogP contribution in [0.15, 0.2) is 42.7 Å². The third kappa shape index (κ3) is 6.04. The van der Waals surface area contributed by atoms with Gasteiger partial charge in [0.1, 0.15) is 0 Å². The van der Waals surface area contributed by atoms with Crippen molar-refractivity contribution in [2.45, 2.75) is 20.4 Å². The van der Waals surface area contributed by atoms with E-state index in [4.69, 9.17) is 19.8 Å². The molecule has 0 spiro atoms. The van der Waals surface area contributed by atoms with Crippen LogP contribution in [0.2, 0.25) is 0 Å². The van der Waals surface area contributed by atoms with Gasteiger partial charge >= 0.3 is 11.9 Å². The largest absolute Gasteiger partial charge is 0.473 e. The normalized spacial score (nSPS) is 9.36. The topological polar surface area (TPSA) is 99.5 Å². The Bertz CT molecular complexity index is 630. The Balaban J connectivity index is 0.000000346. The zero-order valence-corrected chi connectivity index (χ0v) is 12.4. The molecule has 0 aliphatic rings. The van der Waals surface area contributed by atoms with E-state index in [0.29, 0.717) is 0 Å². The summed E-state index contributed by atoms with van der Waals surface area (Å²) in [5.41, 5.74) is 5.00. The molecule has 3 N–H and O–H groups in total. The first-order valence-corrected chi connectivity index (χ1v) is 6.56. The monoisotopic (exact) mass is 302 g/mol. The molecule has 0 radical (unpaired) electrons. The van der Waals surface area contributed by atoms with Crippen LogP contribution in [0.5, 0.6) is 0 Å². The molecule has 2 aromatic rings. The predicted molar refractivity (Wildman–Crippen MR) is 82.8 cm³/mol. The van der Waals surface area contributed by atoms with Crippen molar-refractivity contribution >= 4 is 17.6 Å². The summed E-state index contributed by atoms with van der Waals surface area (Å²) in [4.78, 5) is 22.3. The summed E-state index contributed by atoms with van der Waals surface area (Å²) in [6.07, 6.45) is 3.67. The molecule has 0 fully saturated rings. The van der Waals surface area contributed by atoms with Gasteiger partial charge in [-0.2, -0.15) is 0 Å². The van der Waals surface area contributed by atoms with E-state index in [1.807, 2.05) is 12.3 Å². The van der Waals surface area contributed by atoms with Gasteiger partial charge < -0.3 is 15.5 Å². The Hall–Kier alpha value is -2.89. The van der Waals surface area contributed by atoms with Crippen molar-refractivity contribution in [1.82, 2.24) is 4.98 Å². The lowest BCUT2D eigenvalue weighted by Crippen LogP contribution is -2.09. The van der Waals surface area contributed by atoms with Crippen LogP contribution in [0.3, 0.4) is 0 Å². The van der Waals surface area contributed by atoms with Crippen LogP contribution in [0.4, 0.5) is 5.69 Å². The molecule has 1 aromatic carbocycles. The van der Waals surface area contributed by atoms with Crippen molar-refractivity contribution in [3.05, 3.63) is 59.4 Å². The third-order valence-corrected chi connectivity index (χ3v) is 2.91. The molecule has 0 unspecified atom stereocenters. The molecule has 0 saturated carbocycles. The lowest BCUT2D eigenvalue weighted by Gasteiger charge is -2.08. The summed E-state index contributed by atoms with van der Waals surface area (Å²) in [5.74, 6) is -3.65. The first-order valence-electron chi connectivity index (χ1n) is 6.56. The van der Waals surface area contributed by atoms with Crippen LogP contribution in [0.25, 0.3) is 0 Å². The fraction of sp³-hybridized carbons (Fsp3) is 0.188. The maximum atomic E-state index is 9.10. The number of hydrogen-bond acceptors (Lipinski definition) is 4. The first-order chi connectivity index (χ1) is 10.4. The average molecular weight is 302 g/mol. The highest BCUT2D eigenvalue weighted by Gasteiger charge is 2.04. The minimum atomic E-state index is -1.82. The zero-order valence-electron chi connectivity index (χ0n) is 12.4. The number of nitrogens with zero attached hydrogens (tertiary/aromatic N) is 1. The number of carboxylic acid groups (broad SMARTS) is 2. The number of carbonyl (C=O) groups is 2. The molecule has 0 aliphatic carbocycles. The summed E-state index contributed by atoms with van der Waals surface area (Å²) in [6.45, 7) is 5.07. The Morgan fingerprint density at radius 2 is 1.77 bits per heavy atom. The second-order valence-electron chi connectivity index (χ2n) is 4.62. The highest BCUT2D eigenvalue weighted by Crippen LogP contribution is 2.14. The van der Waals surface area contributed by atoms with E-state index in [1.54, 1.807) is 6.20 Å². The predicted octanol–water partition coefficient (Wildman–Crippen LogP) is 2.47. The summed E-state index contributed by atoms with van der Waals surface area (Å²) < 4.78 is 0. The third-order valence-electron chi connectivity index (χ3n) is 2.91. The van der Waals surface area contributed by atoms with Crippen molar-refractivity contribution < 1.29 is 19.8 Å². The van der Waals surface area contributed by atoms with Crippen LogP contribution < -0.4 is 5.32 Å². The lowest BCUT2D eigenvalue weighted by atomic mass is 10.1. The van der Waals surface area contributed by atoms with Gasteiger partial charge in [0.15, 0.2) is 0 Å². The van der Waals surface area contributed by atoms with Gasteiger partial charge in [0.2, 0.25) is 0 Å². The molecule has 22 heavy (non-hydrogen) atoms. The van der Waals surface area contributed by atoms with E-state index in [0.717, 1.165) is 12.2 Å². The summed E-state index contributed by atoms with van der Waals surface area (Å²) in [5, 5.41) is 18.2. The van der Waals surface area contributed by atoms with E-state index < -0.39 is 11.9 Å². The second-order valence-corrected chi connectivity index (χ2v) is 4.62. The van der Waals surface area contributed by atoms with Crippen molar-refractivity contribution in [2.24, 2.45) is 0 Å². The number of hydrogen-bond donors (Lipinski definition) is 3. The maximum Gasteiger partial charge on any atom is 0.414 e. The zero-order chi connectivity index (χ0) is 16.5. The molecule has 1 heterocycles. The standard InChI is InChI=1S/C14H16N2.C2H2O4/c1-11-5-6-14(8-12(11)2)16-10-13-4-3-7-15-9-13;3-1(4)2(5)6/h3-9,16H,10H2,1-2H3;(H,3,4)(H,5,6). The molecule has 0 atom stereocenters. The van der Waals surface area contributed by atoms with Crippen LogP contribution in [-0.2, 0) is 16.1 Å². The van der Waals surface area contributed by atoms with E-state index in [-0.39, 0.29) is 0 Å². The van der Waals surface area contributed by atoms with Gasteiger partial charge in [-0.25, -0.2) is 9.59 Å². The molecule has 116 valence electrons.